The number of thiol groups is 1. The lowest BCUT2D eigenvalue weighted by atomic mass is 10.0. The minimum Gasteiger partial charge on any atom is -0.480 e. The largest absolute Gasteiger partial charge is 0.480 e. The molecule has 0 bridgehead atoms. The van der Waals surface area contributed by atoms with Gasteiger partial charge in [-0.2, -0.15) is 12.6 Å². The zero-order valence-corrected chi connectivity index (χ0v) is 20.2. The third-order valence-electron chi connectivity index (χ3n) is 4.48. The monoisotopic (exact) mass is 504 g/mol. The summed E-state index contributed by atoms with van der Waals surface area (Å²) in [7, 11) is 0. The zero-order valence-electron chi connectivity index (χ0n) is 19.3. The molecule has 12 N–H and O–H groups in total. The van der Waals surface area contributed by atoms with Crippen molar-refractivity contribution in [2.75, 3.05) is 12.3 Å². The van der Waals surface area contributed by atoms with Crippen molar-refractivity contribution in [3.8, 4) is 0 Å². The molecule has 0 aromatic rings. The van der Waals surface area contributed by atoms with Crippen molar-refractivity contribution in [2.45, 2.75) is 63.7 Å². The first kappa shape index (κ1) is 30.9. The van der Waals surface area contributed by atoms with Gasteiger partial charge in [-0.3, -0.25) is 24.2 Å². The number of nitrogens with one attached hydrogen (secondary N) is 3. The molecule has 14 nitrogen and oxygen atoms in total. The van der Waals surface area contributed by atoms with Crippen LogP contribution in [0.1, 0.15) is 39.5 Å². The fraction of sp³-hybridized carbons (Fsp3) is 0.684. The molecule has 0 aliphatic heterocycles. The summed E-state index contributed by atoms with van der Waals surface area (Å²) in [5.74, 6) is -4.80. The summed E-state index contributed by atoms with van der Waals surface area (Å²) < 4.78 is 0. The highest BCUT2D eigenvalue weighted by Crippen LogP contribution is 2.06. The smallest absolute Gasteiger partial charge is 0.326 e. The molecular formula is C19H36N8O6S. The Bertz CT molecular complexity index is 759. The summed E-state index contributed by atoms with van der Waals surface area (Å²) in [5.41, 5.74) is 21.4. The molecule has 0 aliphatic rings. The van der Waals surface area contributed by atoms with Gasteiger partial charge in [0.2, 0.25) is 23.6 Å². The van der Waals surface area contributed by atoms with Crippen LogP contribution in [0.3, 0.4) is 0 Å². The van der Waals surface area contributed by atoms with Crippen LogP contribution >= 0.6 is 12.6 Å². The number of hydrogen-bond acceptors (Lipinski definition) is 8. The number of primary amides is 1. The number of nitrogens with zero attached hydrogens (tertiary/aromatic N) is 1. The van der Waals surface area contributed by atoms with Crippen molar-refractivity contribution >= 4 is 48.2 Å². The molecule has 0 saturated heterocycles. The van der Waals surface area contributed by atoms with Crippen LogP contribution in [0, 0.1) is 5.92 Å². The van der Waals surface area contributed by atoms with E-state index >= 15 is 0 Å². The number of hydrogen-bond donors (Lipinski definition) is 9. The van der Waals surface area contributed by atoms with Crippen molar-refractivity contribution in [3.63, 3.8) is 0 Å². The number of nitrogens with two attached hydrogens (primary N) is 4. The van der Waals surface area contributed by atoms with Gasteiger partial charge in [-0.15, -0.1) is 0 Å². The standard InChI is InChI=1S/C19H36N8O6S/c1-9(2)6-12(18(32)33)26-16(30)11(7-14(21)28)25-17(31)13(8-34)27-15(29)10(20)4-3-5-24-19(22)23/h9-13,34H,3-8,20H2,1-2H3,(H2,21,28)(H,25,31)(H,26,30)(H,27,29)(H,32,33)(H4,22,23,24). The summed E-state index contributed by atoms with van der Waals surface area (Å²) in [6.45, 7) is 3.82. The Hall–Kier alpha value is -3.07. The Balaban J connectivity index is 5.16. The molecule has 0 spiro atoms. The van der Waals surface area contributed by atoms with Gasteiger partial charge in [-0.25, -0.2) is 4.79 Å². The van der Waals surface area contributed by atoms with Gasteiger partial charge in [0.25, 0.3) is 0 Å². The topological polar surface area (TPSA) is 258 Å². The van der Waals surface area contributed by atoms with E-state index in [1.165, 1.54) is 0 Å². The second-order valence-corrected chi connectivity index (χ2v) is 8.42. The van der Waals surface area contributed by atoms with Gasteiger partial charge in [0, 0.05) is 12.3 Å². The molecular weight excluding hydrogens is 468 g/mol. The first-order valence-corrected chi connectivity index (χ1v) is 11.3. The number of guanidine groups is 1. The predicted molar refractivity (Wildman–Crippen MR) is 128 cm³/mol. The first-order valence-electron chi connectivity index (χ1n) is 10.6. The van der Waals surface area contributed by atoms with Crippen molar-refractivity contribution in [3.05, 3.63) is 0 Å². The van der Waals surface area contributed by atoms with Crippen LogP contribution < -0.4 is 38.9 Å². The highest BCUT2D eigenvalue weighted by molar-refractivity contribution is 7.80. The number of carbonyl (C=O) groups excluding carboxylic acids is 4. The first-order chi connectivity index (χ1) is 15.8. The van der Waals surface area contributed by atoms with Gasteiger partial charge in [0.05, 0.1) is 12.5 Å². The van der Waals surface area contributed by atoms with Crippen LogP contribution in [0.25, 0.3) is 0 Å². The van der Waals surface area contributed by atoms with Gasteiger partial charge in [0.1, 0.15) is 18.1 Å². The Morgan fingerprint density at radius 2 is 1.44 bits per heavy atom. The molecule has 4 atom stereocenters. The van der Waals surface area contributed by atoms with E-state index in [4.69, 9.17) is 22.9 Å². The number of aliphatic imine (C=N–C) groups is 1. The Morgan fingerprint density at radius 1 is 0.912 bits per heavy atom. The molecule has 0 rings (SSSR count). The molecule has 0 aliphatic carbocycles. The van der Waals surface area contributed by atoms with Crippen LogP contribution in [-0.4, -0.2) is 77.1 Å². The maximum atomic E-state index is 12.7. The van der Waals surface area contributed by atoms with Crippen molar-refractivity contribution in [1.82, 2.24) is 16.0 Å². The lowest BCUT2D eigenvalue weighted by Gasteiger charge is -2.24. The number of carboxylic acid groups (broad SMARTS) is 1. The molecule has 0 aromatic carbocycles. The number of carbonyl (C=O) groups is 5. The average molecular weight is 505 g/mol. The van der Waals surface area contributed by atoms with Gasteiger partial charge in [-0.05, 0) is 25.2 Å². The summed E-state index contributed by atoms with van der Waals surface area (Å²) in [6.07, 6.45) is 0.215. The van der Waals surface area contributed by atoms with E-state index in [-0.39, 0.29) is 37.0 Å². The SMILES string of the molecule is CC(C)CC(NC(=O)C(CC(N)=O)NC(=O)C(CS)NC(=O)C(N)CCCN=C(N)N)C(=O)O. The van der Waals surface area contributed by atoms with Crippen molar-refractivity contribution in [1.29, 1.82) is 0 Å². The lowest BCUT2D eigenvalue weighted by Crippen LogP contribution is -2.58. The van der Waals surface area contributed by atoms with E-state index in [2.05, 4.69) is 33.6 Å². The molecule has 0 radical (unpaired) electrons. The highest BCUT2D eigenvalue weighted by atomic mass is 32.1. The van der Waals surface area contributed by atoms with Gasteiger partial charge < -0.3 is 44.0 Å². The third kappa shape index (κ3) is 12.8. The fourth-order valence-corrected chi connectivity index (χ4v) is 3.03. The Labute approximate surface area is 203 Å². The van der Waals surface area contributed by atoms with E-state index in [0.717, 1.165) is 0 Å². The quantitative estimate of drug-likeness (QED) is 0.0442. The summed E-state index contributed by atoms with van der Waals surface area (Å²) in [4.78, 5) is 64.2. The maximum Gasteiger partial charge on any atom is 0.326 e. The van der Waals surface area contributed by atoms with E-state index in [1.54, 1.807) is 13.8 Å². The van der Waals surface area contributed by atoms with Crippen LogP contribution in [0.5, 0.6) is 0 Å². The van der Waals surface area contributed by atoms with Gasteiger partial charge in [0.15, 0.2) is 5.96 Å². The fourth-order valence-electron chi connectivity index (χ4n) is 2.77. The molecule has 15 heteroatoms. The van der Waals surface area contributed by atoms with Crippen molar-refractivity contribution < 1.29 is 29.1 Å². The number of aliphatic carboxylic acids is 1. The summed E-state index contributed by atoms with van der Waals surface area (Å²) in [6, 6.07) is -4.82. The zero-order chi connectivity index (χ0) is 26.4. The van der Waals surface area contributed by atoms with E-state index < -0.39 is 60.2 Å². The molecule has 0 aromatic heterocycles. The minimum absolute atomic E-state index is 0.0435. The third-order valence-corrected chi connectivity index (χ3v) is 4.85. The van der Waals surface area contributed by atoms with Gasteiger partial charge >= 0.3 is 5.97 Å². The number of rotatable bonds is 16. The highest BCUT2D eigenvalue weighted by Gasteiger charge is 2.31. The molecule has 4 unspecified atom stereocenters. The predicted octanol–water partition coefficient (Wildman–Crippen LogP) is -3.24. The van der Waals surface area contributed by atoms with E-state index in [0.29, 0.717) is 6.42 Å². The van der Waals surface area contributed by atoms with Crippen molar-refractivity contribution in [2.24, 2.45) is 33.8 Å². The average Bonchev–Trinajstić information content (AvgIpc) is 2.72. The number of amides is 4. The summed E-state index contributed by atoms with van der Waals surface area (Å²) in [5, 5.41) is 16.3. The normalized spacial score (nSPS) is 14.3. The molecule has 4 amide bonds. The lowest BCUT2D eigenvalue weighted by molar-refractivity contribution is -0.143. The Morgan fingerprint density at radius 3 is 1.91 bits per heavy atom. The summed E-state index contributed by atoms with van der Waals surface area (Å²) >= 11 is 4.04. The number of carboxylic acids is 1. The molecule has 194 valence electrons. The second-order valence-electron chi connectivity index (χ2n) is 8.06. The maximum absolute atomic E-state index is 12.7. The molecule has 0 fully saturated rings. The van der Waals surface area contributed by atoms with Crippen LogP contribution in [0.15, 0.2) is 4.99 Å². The molecule has 0 heterocycles. The molecule has 0 saturated carbocycles. The van der Waals surface area contributed by atoms with E-state index in [1.807, 2.05) is 0 Å². The second kappa shape index (κ2) is 15.7. The van der Waals surface area contributed by atoms with Crippen LogP contribution in [-0.2, 0) is 24.0 Å². The molecule has 34 heavy (non-hydrogen) atoms. The minimum atomic E-state index is -1.45. The van der Waals surface area contributed by atoms with Crippen LogP contribution in [0.4, 0.5) is 0 Å². The van der Waals surface area contributed by atoms with Gasteiger partial charge in [-0.1, -0.05) is 13.8 Å². The van der Waals surface area contributed by atoms with Crippen LogP contribution in [0.2, 0.25) is 0 Å². The Kier molecular flexibility index (Phi) is 14.3. The van der Waals surface area contributed by atoms with E-state index in [9.17, 15) is 29.1 Å².